The van der Waals surface area contributed by atoms with Crippen LogP contribution in [0.2, 0.25) is 0 Å². The van der Waals surface area contributed by atoms with E-state index in [-0.39, 0.29) is 11.9 Å². The molecule has 0 bridgehead atoms. The lowest BCUT2D eigenvalue weighted by Gasteiger charge is -2.31. The Hall–Kier alpha value is -3.58. The molecule has 3 amide bonds. The molecule has 7 heteroatoms. The molecule has 0 saturated carbocycles. The molecule has 2 aromatic carbocycles. The third kappa shape index (κ3) is 4.36. The van der Waals surface area contributed by atoms with E-state index < -0.39 is 6.04 Å². The molecular weight excluding hydrogens is 434 g/mol. The highest BCUT2D eigenvalue weighted by Gasteiger charge is 2.42. The number of hydrogen-bond acceptors (Lipinski definition) is 4. The molecule has 0 radical (unpaired) electrons. The fourth-order valence-corrected chi connectivity index (χ4v) is 4.98. The van der Waals surface area contributed by atoms with Gasteiger partial charge in [-0.15, -0.1) is 11.3 Å². The molecule has 168 valence electrons. The van der Waals surface area contributed by atoms with Gasteiger partial charge < -0.3 is 15.0 Å². The minimum atomic E-state index is -0.497. The van der Waals surface area contributed by atoms with Crippen LogP contribution >= 0.6 is 11.3 Å². The Labute approximate surface area is 197 Å². The van der Waals surface area contributed by atoms with Crippen molar-refractivity contribution in [2.75, 3.05) is 20.1 Å². The van der Waals surface area contributed by atoms with E-state index in [0.29, 0.717) is 31.0 Å². The Balaban J connectivity index is 1.36. The molecule has 2 aliphatic rings. The molecule has 1 atom stereocenters. The van der Waals surface area contributed by atoms with Gasteiger partial charge in [-0.3, -0.25) is 9.69 Å². The largest absolute Gasteiger partial charge is 0.489 e. The SMILES string of the molecule is CN1C(=O)NC(c2cccc(OCc3ccccc3)c2)C2=C1CN(CCc1cccs1)C2=O. The molecule has 5 rings (SSSR count). The van der Waals surface area contributed by atoms with Crippen molar-refractivity contribution < 1.29 is 14.3 Å². The van der Waals surface area contributed by atoms with Crippen LogP contribution in [0.15, 0.2) is 83.4 Å². The number of nitrogens with one attached hydrogen (secondary N) is 1. The average Bonchev–Trinajstić information content (AvgIpc) is 3.48. The predicted molar refractivity (Wildman–Crippen MR) is 128 cm³/mol. The summed E-state index contributed by atoms with van der Waals surface area (Å²) in [6, 6.07) is 21.0. The highest BCUT2D eigenvalue weighted by atomic mass is 32.1. The fraction of sp³-hybridized carbons (Fsp3) is 0.231. The smallest absolute Gasteiger partial charge is 0.322 e. The molecule has 6 nitrogen and oxygen atoms in total. The Bertz CT molecular complexity index is 1190. The number of amides is 3. The van der Waals surface area contributed by atoms with E-state index >= 15 is 0 Å². The van der Waals surface area contributed by atoms with Gasteiger partial charge in [-0.2, -0.15) is 0 Å². The van der Waals surface area contributed by atoms with Gasteiger partial charge in [-0.05, 0) is 41.1 Å². The number of urea groups is 1. The van der Waals surface area contributed by atoms with Crippen LogP contribution in [0.1, 0.15) is 22.0 Å². The van der Waals surface area contributed by atoms with E-state index in [4.69, 9.17) is 4.74 Å². The van der Waals surface area contributed by atoms with Crippen LogP contribution < -0.4 is 10.1 Å². The lowest BCUT2D eigenvalue weighted by atomic mass is 9.95. The third-order valence-electron chi connectivity index (χ3n) is 6.08. The topological polar surface area (TPSA) is 61.9 Å². The van der Waals surface area contributed by atoms with E-state index in [1.807, 2.05) is 70.9 Å². The van der Waals surface area contributed by atoms with Gasteiger partial charge in [0.25, 0.3) is 5.91 Å². The number of ether oxygens (including phenoxy) is 1. The van der Waals surface area contributed by atoms with Crippen molar-refractivity contribution in [2.24, 2.45) is 0 Å². The van der Waals surface area contributed by atoms with Crippen LogP contribution in [0.4, 0.5) is 4.79 Å². The van der Waals surface area contributed by atoms with Crippen LogP contribution in [0.5, 0.6) is 5.75 Å². The molecule has 0 saturated heterocycles. The molecule has 1 aromatic heterocycles. The van der Waals surface area contributed by atoms with Gasteiger partial charge in [-0.25, -0.2) is 4.79 Å². The normalized spacial score (nSPS) is 17.9. The maximum atomic E-state index is 13.4. The Morgan fingerprint density at radius 2 is 1.91 bits per heavy atom. The Morgan fingerprint density at radius 1 is 1.06 bits per heavy atom. The van der Waals surface area contributed by atoms with Crippen molar-refractivity contribution in [3.8, 4) is 5.75 Å². The van der Waals surface area contributed by atoms with Gasteiger partial charge in [-0.1, -0.05) is 48.5 Å². The fourth-order valence-electron chi connectivity index (χ4n) is 4.28. The van der Waals surface area contributed by atoms with E-state index in [1.165, 1.54) is 4.88 Å². The van der Waals surface area contributed by atoms with Crippen molar-refractivity contribution in [1.82, 2.24) is 15.1 Å². The first-order chi connectivity index (χ1) is 16.1. The van der Waals surface area contributed by atoms with Crippen molar-refractivity contribution in [3.05, 3.63) is 99.4 Å². The van der Waals surface area contributed by atoms with Gasteiger partial charge in [0.05, 0.1) is 23.9 Å². The minimum Gasteiger partial charge on any atom is -0.489 e. The monoisotopic (exact) mass is 459 g/mol. The summed E-state index contributed by atoms with van der Waals surface area (Å²) in [7, 11) is 1.72. The quantitative estimate of drug-likeness (QED) is 0.571. The second kappa shape index (κ2) is 9.11. The summed E-state index contributed by atoms with van der Waals surface area (Å²) in [5.41, 5.74) is 3.33. The van der Waals surface area contributed by atoms with Gasteiger partial charge in [0.1, 0.15) is 12.4 Å². The summed E-state index contributed by atoms with van der Waals surface area (Å²) in [4.78, 5) is 30.7. The standard InChI is InChI=1S/C26H25N3O3S/c1-28-22-16-29(13-12-21-11-6-14-33-21)25(30)23(22)24(27-26(28)31)19-9-5-10-20(15-19)32-17-18-7-3-2-4-8-18/h2-11,14-15,24H,12-13,16-17H2,1H3,(H,27,31). The number of thiophene rings is 1. The Kier molecular flexibility index (Phi) is 5.88. The zero-order chi connectivity index (χ0) is 22.8. The number of rotatable bonds is 7. The van der Waals surface area contributed by atoms with Gasteiger partial charge >= 0.3 is 6.03 Å². The number of hydrogen-bond donors (Lipinski definition) is 1. The van der Waals surface area contributed by atoms with E-state index in [0.717, 1.165) is 23.2 Å². The highest BCUT2D eigenvalue weighted by Crippen LogP contribution is 2.36. The number of nitrogens with zero attached hydrogens (tertiary/aromatic N) is 2. The first-order valence-electron chi connectivity index (χ1n) is 11.0. The minimum absolute atomic E-state index is 0.0194. The molecule has 1 unspecified atom stereocenters. The number of carbonyl (C=O) groups is 2. The molecule has 3 aromatic rings. The first kappa shape index (κ1) is 21.3. The molecule has 2 aliphatic heterocycles. The van der Waals surface area contributed by atoms with E-state index in [1.54, 1.807) is 23.3 Å². The summed E-state index contributed by atoms with van der Waals surface area (Å²) in [6.07, 6.45) is 0.808. The maximum Gasteiger partial charge on any atom is 0.322 e. The van der Waals surface area contributed by atoms with Gasteiger partial charge in [0, 0.05) is 18.5 Å². The summed E-state index contributed by atoms with van der Waals surface area (Å²) >= 11 is 1.69. The van der Waals surface area contributed by atoms with Crippen LogP contribution in [-0.4, -0.2) is 41.9 Å². The molecule has 0 fully saturated rings. The Morgan fingerprint density at radius 3 is 2.70 bits per heavy atom. The van der Waals surface area contributed by atoms with Crippen LogP contribution in [0.25, 0.3) is 0 Å². The first-order valence-corrected chi connectivity index (χ1v) is 11.8. The molecular formula is C26H25N3O3S. The molecule has 3 heterocycles. The lowest BCUT2D eigenvalue weighted by molar-refractivity contribution is -0.125. The zero-order valence-corrected chi connectivity index (χ0v) is 19.2. The summed E-state index contributed by atoms with van der Waals surface area (Å²) in [6.45, 7) is 1.53. The third-order valence-corrected chi connectivity index (χ3v) is 7.02. The van der Waals surface area contributed by atoms with Crippen molar-refractivity contribution in [3.63, 3.8) is 0 Å². The summed E-state index contributed by atoms with van der Waals surface area (Å²) < 4.78 is 5.98. The van der Waals surface area contributed by atoms with Crippen LogP contribution in [0, 0.1) is 0 Å². The second-order valence-corrected chi connectivity index (χ2v) is 9.24. The number of carbonyl (C=O) groups excluding carboxylic acids is 2. The van der Waals surface area contributed by atoms with Crippen molar-refractivity contribution >= 4 is 23.3 Å². The summed E-state index contributed by atoms with van der Waals surface area (Å²) in [5.74, 6) is 0.681. The van der Waals surface area contributed by atoms with Gasteiger partial charge in [0.2, 0.25) is 0 Å². The molecule has 0 aliphatic carbocycles. The highest BCUT2D eigenvalue weighted by molar-refractivity contribution is 7.09. The molecule has 1 N–H and O–H groups in total. The maximum absolute atomic E-state index is 13.4. The second-order valence-electron chi connectivity index (χ2n) is 8.20. The lowest BCUT2D eigenvalue weighted by Crippen LogP contribution is -2.45. The number of benzene rings is 2. The summed E-state index contributed by atoms with van der Waals surface area (Å²) in [5, 5.41) is 5.05. The van der Waals surface area contributed by atoms with Crippen LogP contribution in [0.3, 0.4) is 0 Å². The van der Waals surface area contributed by atoms with Crippen molar-refractivity contribution in [1.29, 1.82) is 0 Å². The van der Waals surface area contributed by atoms with E-state index in [9.17, 15) is 9.59 Å². The zero-order valence-electron chi connectivity index (χ0n) is 18.4. The average molecular weight is 460 g/mol. The van der Waals surface area contributed by atoms with Crippen LogP contribution in [-0.2, 0) is 17.8 Å². The van der Waals surface area contributed by atoms with Gasteiger partial charge in [0.15, 0.2) is 0 Å². The number of likely N-dealkylation sites (N-methyl/N-ethyl adjacent to an activating group) is 1. The molecule has 33 heavy (non-hydrogen) atoms. The van der Waals surface area contributed by atoms with Crippen molar-refractivity contribution in [2.45, 2.75) is 19.1 Å². The molecule has 0 spiro atoms. The predicted octanol–water partition coefficient (Wildman–Crippen LogP) is 4.36. The van der Waals surface area contributed by atoms with E-state index in [2.05, 4.69) is 11.4 Å².